The average Bonchev–Trinajstić information content (AvgIpc) is 3.18. The van der Waals surface area contributed by atoms with E-state index in [1.807, 2.05) is 0 Å². The maximum atomic E-state index is 12.9. The van der Waals surface area contributed by atoms with E-state index in [9.17, 15) is 22.4 Å². The SMILES string of the molecule is Cc1cc(CC(=O)Nc2ccc(Oc3ncnc4c3ccn4CCF)cc2)ccc1C(F)(F)F. The molecule has 2 heterocycles. The smallest absolute Gasteiger partial charge is 0.416 e. The molecule has 2 aromatic carbocycles. The van der Waals surface area contributed by atoms with Gasteiger partial charge >= 0.3 is 6.18 Å². The van der Waals surface area contributed by atoms with Gasteiger partial charge in [-0.2, -0.15) is 13.2 Å². The van der Waals surface area contributed by atoms with Gasteiger partial charge in [-0.05, 0) is 54.4 Å². The molecule has 4 rings (SSSR count). The van der Waals surface area contributed by atoms with E-state index in [0.717, 1.165) is 6.07 Å². The first-order valence-electron chi connectivity index (χ1n) is 10.3. The van der Waals surface area contributed by atoms with E-state index in [-0.39, 0.29) is 24.4 Å². The molecule has 0 aliphatic rings. The van der Waals surface area contributed by atoms with Gasteiger partial charge in [0.15, 0.2) is 0 Å². The van der Waals surface area contributed by atoms with Gasteiger partial charge in [0.2, 0.25) is 11.8 Å². The lowest BCUT2D eigenvalue weighted by atomic mass is 10.0. The number of carbonyl (C=O) groups excluding carboxylic acids is 1. The van der Waals surface area contributed by atoms with Crippen molar-refractivity contribution in [3.05, 3.63) is 77.7 Å². The van der Waals surface area contributed by atoms with Crippen LogP contribution in [0.25, 0.3) is 11.0 Å². The number of hydrogen-bond donors (Lipinski definition) is 1. The summed E-state index contributed by atoms with van der Waals surface area (Å²) < 4.78 is 58.9. The minimum atomic E-state index is -4.43. The van der Waals surface area contributed by atoms with Crippen LogP contribution >= 0.6 is 0 Å². The molecule has 176 valence electrons. The zero-order valence-electron chi connectivity index (χ0n) is 18.1. The summed E-state index contributed by atoms with van der Waals surface area (Å²) in [6.45, 7) is 1.03. The number of carbonyl (C=O) groups is 1. The summed E-state index contributed by atoms with van der Waals surface area (Å²) in [6, 6.07) is 12.0. The average molecular weight is 472 g/mol. The number of aryl methyl sites for hydroxylation is 2. The first-order valence-corrected chi connectivity index (χ1v) is 10.3. The fraction of sp³-hybridized carbons (Fsp3) is 0.208. The lowest BCUT2D eigenvalue weighted by Crippen LogP contribution is -2.15. The summed E-state index contributed by atoms with van der Waals surface area (Å²) in [5, 5.41) is 3.35. The van der Waals surface area contributed by atoms with Crippen molar-refractivity contribution in [1.82, 2.24) is 14.5 Å². The molecule has 6 nitrogen and oxygen atoms in total. The second-order valence-electron chi connectivity index (χ2n) is 7.61. The van der Waals surface area contributed by atoms with E-state index in [1.165, 1.54) is 25.4 Å². The van der Waals surface area contributed by atoms with E-state index in [1.54, 1.807) is 41.1 Å². The summed E-state index contributed by atoms with van der Waals surface area (Å²) in [6.07, 6.45) is -1.44. The fourth-order valence-corrected chi connectivity index (χ4v) is 3.60. The largest absolute Gasteiger partial charge is 0.438 e. The second-order valence-corrected chi connectivity index (χ2v) is 7.61. The van der Waals surface area contributed by atoms with Crippen LogP contribution in [0.2, 0.25) is 0 Å². The van der Waals surface area contributed by atoms with Crippen LogP contribution in [-0.4, -0.2) is 27.1 Å². The summed E-state index contributed by atoms with van der Waals surface area (Å²) in [5.41, 5.74) is 0.897. The molecule has 0 atom stereocenters. The zero-order chi connectivity index (χ0) is 24.3. The van der Waals surface area contributed by atoms with Gasteiger partial charge in [0.25, 0.3) is 0 Å². The monoisotopic (exact) mass is 472 g/mol. The van der Waals surface area contributed by atoms with Crippen molar-refractivity contribution in [2.24, 2.45) is 0 Å². The number of aromatic nitrogens is 3. The highest BCUT2D eigenvalue weighted by molar-refractivity contribution is 5.92. The number of halogens is 4. The number of hydrogen-bond acceptors (Lipinski definition) is 4. The molecule has 0 fully saturated rings. The normalized spacial score (nSPS) is 11.6. The van der Waals surface area contributed by atoms with Crippen molar-refractivity contribution in [3.63, 3.8) is 0 Å². The Morgan fingerprint density at radius 1 is 1.09 bits per heavy atom. The Morgan fingerprint density at radius 3 is 2.53 bits per heavy atom. The highest BCUT2D eigenvalue weighted by Gasteiger charge is 2.32. The van der Waals surface area contributed by atoms with Crippen molar-refractivity contribution in [3.8, 4) is 11.6 Å². The van der Waals surface area contributed by atoms with Crippen LogP contribution in [0.1, 0.15) is 16.7 Å². The number of alkyl halides is 4. The van der Waals surface area contributed by atoms with Crippen molar-refractivity contribution in [2.75, 3.05) is 12.0 Å². The molecule has 0 saturated carbocycles. The lowest BCUT2D eigenvalue weighted by molar-refractivity contribution is -0.138. The Balaban J connectivity index is 1.40. The highest BCUT2D eigenvalue weighted by atomic mass is 19.4. The topological polar surface area (TPSA) is 69.0 Å². The standard InChI is InChI=1S/C24H20F4N4O2/c1-15-12-16(2-7-20(15)24(26,27)28)13-21(33)31-17-3-5-18(6-4-17)34-23-19-8-10-32(11-9-25)22(19)29-14-30-23/h2-8,10,12,14H,9,11,13H2,1H3,(H,31,33). The molecule has 0 radical (unpaired) electrons. The van der Waals surface area contributed by atoms with Crippen LogP contribution in [0.3, 0.4) is 0 Å². The number of rotatable bonds is 7. The molecule has 0 aliphatic heterocycles. The van der Waals surface area contributed by atoms with E-state index >= 15 is 0 Å². The third-order valence-electron chi connectivity index (χ3n) is 5.16. The van der Waals surface area contributed by atoms with Crippen LogP contribution < -0.4 is 10.1 Å². The first kappa shape index (κ1) is 23.2. The van der Waals surface area contributed by atoms with Crippen molar-refractivity contribution >= 4 is 22.6 Å². The number of amides is 1. The molecule has 34 heavy (non-hydrogen) atoms. The van der Waals surface area contributed by atoms with E-state index < -0.39 is 18.4 Å². The van der Waals surface area contributed by atoms with E-state index in [4.69, 9.17) is 4.74 Å². The predicted molar refractivity (Wildman–Crippen MR) is 119 cm³/mol. The molecule has 10 heteroatoms. The summed E-state index contributed by atoms with van der Waals surface area (Å²) >= 11 is 0. The van der Waals surface area contributed by atoms with Gasteiger partial charge in [-0.25, -0.2) is 14.4 Å². The molecule has 1 amide bonds. The summed E-state index contributed by atoms with van der Waals surface area (Å²) in [7, 11) is 0. The van der Waals surface area contributed by atoms with E-state index in [0.29, 0.717) is 33.9 Å². The van der Waals surface area contributed by atoms with Crippen molar-refractivity contribution < 1.29 is 27.1 Å². The third-order valence-corrected chi connectivity index (χ3v) is 5.16. The Morgan fingerprint density at radius 2 is 1.85 bits per heavy atom. The van der Waals surface area contributed by atoms with Crippen molar-refractivity contribution in [2.45, 2.75) is 26.1 Å². The first-order chi connectivity index (χ1) is 16.2. The minimum absolute atomic E-state index is 0.0635. The molecule has 4 aromatic rings. The van der Waals surface area contributed by atoms with Crippen LogP contribution in [0.5, 0.6) is 11.6 Å². The van der Waals surface area contributed by atoms with Gasteiger partial charge in [0.05, 0.1) is 23.9 Å². The Kier molecular flexibility index (Phi) is 6.49. The minimum Gasteiger partial charge on any atom is -0.438 e. The van der Waals surface area contributed by atoms with Crippen LogP contribution in [0, 0.1) is 6.92 Å². The van der Waals surface area contributed by atoms with Gasteiger partial charge in [0, 0.05) is 11.9 Å². The second kappa shape index (κ2) is 9.50. The number of ether oxygens (including phenoxy) is 1. The maximum Gasteiger partial charge on any atom is 0.416 e. The number of fused-ring (bicyclic) bond motifs is 1. The molecule has 0 unspecified atom stereocenters. The molecule has 0 aliphatic carbocycles. The number of nitrogens with one attached hydrogen (secondary N) is 1. The molecule has 0 bridgehead atoms. The summed E-state index contributed by atoms with van der Waals surface area (Å²) in [5.74, 6) is 0.422. The van der Waals surface area contributed by atoms with E-state index in [2.05, 4.69) is 15.3 Å². The van der Waals surface area contributed by atoms with Crippen LogP contribution in [-0.2, 0) is 23.9 Å². The van der Waals surface area contributed by atoms with Gasteiger partial charge < -0.3 is 14.6 Å². The van der Waals surface area contributed by atoms with Crippen LogP contribution in [0.15, 0.2) is 61.1 Å². The fourth-order valence-electron chi connectivity index (χ4n) is 3.60. The molecule has 0 spiro atoms. The molecular weight excluding hydrogens is 452 g/mol. The molecule has 0 saturated heterocycles. The zero-order valence-corrected chi connectivity index (χ0v) is 18.1. The number of nitrogens with zero attached hydrogens (tertiary/aromatic N) is 3. The molecular formula is C24H20F4N4O2. The van der Waals surface area contributed by atoms with Gasteiger partial charge in [0.1, 0.15) is 24.4 Å². The Labute approximate surface area is 192 Å². The van der Waals surface area contributed by atoms with Gasteiger partial charge in [-0.15, -0.1) is 0 Å². The Hall–Kier alpha value is -3.95. The number of benzene rings is 2. The maximum absolute atomic E-state index is 12.9. The predicted octanol–water partition coefficient (Wildman–Crippen LogP) is 5.70. The highest BCUT2D eigenvalue weighted by Crippen LogP contribution is 2.32. The van der Waals surface area contributed by atoms with Crippen molar-refractivity contribution in [1.29, 1.82) is 0 Å². The lowest BCUT2D eigenvalue weighted by Gasteiger charge is -2.12. The summed E-state index contributed by atoms with van der Waals surface area (Å²) in [4.78, 5) is 20.7. The molecule has 2 aromatic heterocycles. The quantitative estimate of drug-likeness (QED) is 0.350. The van der Waals surface area contributed by atoms with Crippen LogP contribution in [0.4, 0.5) is 23.2 Å². The van der Waals surface area contributed by atoms with Gasteiger partial charge in [-0.3, -0.25) is 4.79 Å². The Bertz CT molecular complexity index is 1320. The number of anilines is 1. The van der Waals surface area contributed by atoms with Gasteiger partial charge in [-0.1, -0.05) is 12.1 Å². The molecule has 1 N–H and O–H groups in total. The third kappa shape index (κ3) is 5.16.